The molecular weight excluding hydrogens is 342 g/mol. The van der Waals surface area contributed by atoms with Crippen molar-refractivity contribution in [2.24, 2.45) is 0 Å². The van der Waals surface area contributed by atoms with Gasteiger partial charge in [0.15, 0.2) is 0 Å². The van der Waals surface area contributed by atoms with Crippen molar-refractivity contribution in [2.45, 2.75) is 17.4 Å². The summed E-state index contributed by atoms with van der Waals surface area (Å²) in [6.45, 7) is 1.44. The second-order valence-corrected chi connectivity index (χ2v) is 7.52. The van der Waals surface area contributed by atoms with E-state index in [0.29, 0.717) is 16.9 Å². The molecule has 0 unspecified atom stereocenters. The van der Waals surface area contributed by atoms with Crippen LogP contribution in [0.1, 0.15) is 11.1 Å². The Bertz CT molecular complexity index is 807. The van der Waals surface area contributed by atoms with Crippen molar-refractivity contribution in [2.75, 3.05) is 27.4 Å². The summed E-state index contributed by atoms with van der Waals surface area (Å²) in [7, 11) is -0.822. The first kappa shape index (κ1) is 19.4. The minimum Gasteiger partial charge on any atom is -0.497 e. The quantitative estimate of drug-likeness (QED) is 0.745. The van der Waals surface area contributed by atoms with E-state index in [1.165, 1.54) is 20.3 Å². The minimum absolute atomic E-state index is 0.0405. The van der Waals surface area contributed by atoms with Gasteiger partial charge in [-0.2, -0.15) is 0 Å². The Balaban J connectivity index is 2.25. The number of hydrogen-bond acceptors (Lipinski definition) is 5. The van der Waals surface area contributed by atoms with Crippen LogP contribution < -0.4 is 9.46 Å². The molecule has 0 saturated heterocycles. The van der Waals surface area contributed by atoms with Crippen LogP contribution >= 0.6 is 0 Å². The van der Waals surface area contributed by atoms with Crippen molar-refractivity contribution < 1.29 is 23.0 Å². The average molecular weight is 365 g/mol. The predicted molar refractivity (Wildman–Crippen MR) is 95.1 cm³/mol. The molecule has 0 aliphatic heterocycles. The Morgan fingerprint density at radius 1 is 1.12 bits per heavy atom. The van der Waals surface area contributed by atoms with Gasteiger partial charge in [-0.1, -0.05) is 30.3 Å². The molecule has 0 bridgehead atoms. The summed E-state index contributed by atoms with van der Waals surface area (Å²) in [5.74, 6) is 0.580. The van der Waals surface area contributed by atoms with E-state index in [-0.39, 0.29) is 18.0 Å². The lowest BCUT2D eigenvalue weighted by Gasteiger charge is -2.28. The van der Waals surface area contributed by atoms with Crippen LogP contribution in [-0.2, 0) is 20.4 Å². The SMILES string of the molecule is COC[C@@](O)(CNS(=O)(=O)c1ccc(OC)cc1C)c1ccccc1. The van der Waals surface area contributed by atoms with E-state index in [1.807, 2.05) is 6.07 Å². The van der Waals surface area contributed by atoms with Crippen LogP contribution in [0, 0.1) is 6.92 Å². The van der Waals surface area contributed by atoms with E-state index in [9.17, 15) is 13.5 Å². The number of sulfonamides is 1. The van der Waals surface area contributed by atoms with E-state index in [4.69, 9.17) is 9.47 Å². The van der Waals surface area contributed by atoms with Gasteiger partial charge in [0.2, 0.25) is 10.0 Å². The molecule has 2 aromatic carbocycles. The molecule has 0 amide bonds. The molecule has 7 heteroatoms. The highest BCUT2D eigenvalue weighted by Crippen LogP contribution is 2.24. The number of aryl methyl sites for hydroxylation is 1. The molecule has 0 fully saturated rings. The fourth-order valence-corrected chi connectivity index (χ4v) is 3.88. The van der Waals surface area contributed by atoms with Crippen molar-refractivity contribution in [1.82, 2.24) is 4.72 Å². The van der Waals surface area contributed by atoms with Crippen molar-refractivity contribution >= 4 is 10.0 Å². The largest absolute Gasteiger partial charge is 0.497 e. The van der Waals surface area contributed by atoms with Crippen molar-refractivity contribution in [3.8, 4) is 5.75 Å². The number of aliphatic hydroxyl groups is 1. The number of rotatable bonds is 8. The number of benzene rings is 2. The van der Waals surface area contributed by atoms with E-state index in [2.05, 4.69) is 4.72 Å². The van der Waals surface area contributed by atoms with Crippen molar-refractivity contribution in [3.05, 3.63) is 59.7 Å². The van der Waals surface area contributed by atoms with Gasteiger partial charge in [0.05, 0.1) is 18.6 Å². The normalized spacial score (nSPS) is 14.1. The van der Waals surface area contributed by atoms with Gasteiger partial charge in [0.25, 0.3) is 0 Å². The second-order valence-electron chi connectivity index (χ2n) is 5.79. The summed E-state index contributed by atoms with van der Waals surface area (Å²) in [5.41, 5.74) is -0.337. The van der Waals surface area contributed by atoms with Gasteiger partial charge in [-0.15, -0.1) is 0 Å². The van der Waals surface area contributed by atoms with E-state index in [1.54, 1.807) is 43.3 Å². The zero-order chi connectivity index (χ0) is 18.5. The summed E-state index contributed by atoms with van der Waals surface area (Å²) < 4.78 is 37.9. The van der Waals surface area contributed by atoms with Crippen LogP contribution in [0.4, 0.5) is 0 Å². The molecule has 136 valence electrons. The molecular formula is C18H23NO5S. The van der Waals surface area contributed by atoms with Gasteiger partial charge in [0.1, 0.15) is 11.4 Å². The summed E-state index contributed by atoms with van der Waals surface area (Å²) >= 11 is 0. The second kappa shape index (κ2) is 7.97. The summed E-state index contributed by atoms with van der Waals surface area (Å²) in [6, 6.07) is 13.5. The maximum Gasteiger partial charge on any atom is 0.240 e. The van der Waals surface area contributed by atoms with Crippen LogP contribution in [-0.4, -0.2) is 40.9 Å². The predicted octanol–water partition coefficient (Wildman–Crippen LogP) is 1.82. The molecule has 0 radical (unpaired) electrons. The first-order valence-corrected chi connectivity index (χ1v) is 9.22. The molecule has 0 aromatic heterocycles. The van der Waals surface area contributed by atoms with Gasteiger partial charge >= 0.3 is 0 Å². The Hall–Kier alpha value is -1.93. The lowest BCUT2D eigenvalue weighted by Crippen LogP contribution is -2.44. The van der Waals surface area contributed by atoms with E-state index >= 15 is 0 Å². The monoisotopic (exact) mass is 365 g/mol. The fourth-order valence-electron chi connectivity index (χ4n) is 2.57. The molecule has 0 saturated carbocycles. The maximum atomic E-state index is 12.6. The molecule has 2 rings (SSSR count). The van der Waals surface area contributed by atoms with Crippen LogP contribution in [0.25, 0.3) is 0 Å². The van der Waals surface area contributed by atoms with Crippen LogP contribution in [0.3, 0.4) is 0 Å². The zero-order valence-electron chi connectivity index (χ0n) is 14.5. The molecule has 6 nitrogen and oxygen atoms in total. The number of methoxy groups -OCH3 is 2. The Labute approximate surface area is 148 Å². The lowest BCUT2D eigenvalue weighted by molar-refractivity contribution is -0.0310. The molecule has 0 aliphatic rings. The van der Waals surface area contributed by atoms with Gasteiger partial charge < -0.3 is 14.6 Å². The smallest absolute Gasteiger partial charge is 0.240 e. The molecule has 25 heavy (non-hydrogen) atoms. The van der Waals surface area contributed by atoms with Crippen molar-refractivity contribution in [1.29, 1.82) is 0 Å². The van der Waals surface area contributed by atoms with Gasteiger partial charge in [-0.3, -0.25) is 0 Å². The third-order valence-corrected chi connectivity index (χ3v) is 5.48. The first-order chi connectivity index (χ1) is 11.8. The molecule has 2 aromatic rings. The summed E-state index contributed by atoms with van der Waals surface area (Å²) in [5, 5.41) is 10.9. The third-order valence-electron chi connectivity index (χ3n) is 3.92. The van der Waals surface area contributed by atoms with Crippen LogP contribution in [0.2, 0.25) is 0 Å². The minimum atomic E-state index is -3.80. The molecule has 1 atom stereocenters. The Kier molecular flexibility index (Phi) is 6.18. The molecule has 0 heterocycles. The average Bonchev–Trinajstić information content (AvgIpc) is 2.61. The molecule has 0 spiro atoms. The number of nitrogens with one attached hydrogen (secondary N) is 1. The van der Waals surface area contributed by atoms with Gasteiger partial charge in [-0.25, -0.2) is 13.1 Å². The molecule has 2 N–H and O–H groups in total. The first-order valence-electron chi connectivity index (χ1n) is 7.73. The highest BCUT2D eigenvalue weighted by molar-refractivity contribution is 7.89. The zero-order valence-corrected chi connectivity index (χ0v) is 15.3. The Morgan fingerprint density at radius 2 is 1.80 bits per heavy atom. The van der Waals surface area contributed by atoms with Gasteiger partial charge in [0, 0.05) is 13.7 Å². The van der Waals surface area contributed by atoms with Crippen LogP contribution in [0.5, 0.6) is 5.75 Å². The topological polar surface area (TPSA) is 84.9 Å². The molecule has 0 aliphatic carbocycles. The van der Waals surface area contributed by atoms with E-state index in [0.717, 1.165) is 0 Å². The van der Waals surface area contributed by atoms with E-state index < -0.39 is 15.6 Å². The number of hydrogen-bond donors (Lipinski definition) is 2. The van der Waals surface area contributed by atoms with Crippen LogP contribution in [0.15, 0.2) is 53.4 Å². The lowest BCUT2D eigenvalue weighted by atomic mass is 9.95. The highest BCUT2D eigenvalue weighted by Gasteiger charge is 2.31. The summed E-state index contributed by atoms with van der Waals surface area (Å²) in [4.78, 5) is 0.140. The maximum absolute atomic E-state index is 12.6. The fraction of sp³-hybridized carbons (Fsp3) is 0.333. The number of ether oxygens (including phenoxy) is 2. The third kappa shape index (κ3) is 4.58. The highest BCUT2D eigenvalue weighted by atomic mass is 32.2. The van der Waals surface area contributed by atoms with Crippen molar-refractivity contribution in [3.63, 3.8) is 0 Å². The standard InChI is InChI=1S/C18H23NO5S/c1-14-11-16(24-3)9-10-17(14)25(21,22)19-12-18(20,13-23-2)15-7-5-4-6-8-15/h4-11,19-20H,12-13H2,1-3H3/t18-/m0/s1. The summed E-state index contributed by atoms with van der Waals surface area (Å²) in [6.07, 6.45) is 0. The Morgan fingerprint density at radius 3 is 2.36 bits per heavy atom. The van der Waals surface area contributed by atoms with Gasteiger partial charge in [-0.05, 0) is 36.2 Å².